The second-order valence-corrected chi connectivity index (χ2v) is 7.48. The van der Waals surface area contributed by atoms with E-state index in [0.717, 1.165) is 61.7 Å². The highest BCUT2D eigenvalue weighted by molar-refractivity contribution is 5.46. The fraction of sp³-hybridized carbons (Fsp3) is 0.545. The van der Waals surface area contributed by atoms with Gasteiger partial charge >= 0.3 is 0 Å². The molecule has 2 heterocycles. The van der Waals surface area contributed by atoms with E-state index in [1.54, 1.807) is 7.11 Å². The summed E-state index contributed by atoms with van der Waals surface area (Å²) in [6, 6.07) is 8.04. The van der Waals surface area contributed by atoms with Crippen LogP contribution in [0.3, 0.4) is 0 Å². The Bertz CT molecular complexity index is 760. The smallest absolute Gasteiger partial charge is 0.135 e. The lowest BCUT2D eigenvalue weighted by Crippen LogP contribution is -2.44. The van der Waals surface area contributed by atoms with Gasteiger partial charge in [-0.05, 0) is 43.9 Å². The first-order valence-corrected chi connectivity index (χ1v) is 10.2. The van der Waals surface area contributed by atoms with Gasteiger partial charge in [0.15, 0.2) is 0 Å². The quantitative estimate of drug-likeness (QED) is 0.729. The topological polar surface area (TPSA) is 70.5 Å². The Morgan fingerprint density at radius 1 is 1.32 bits per heavy atom. The van der Waals surface area contributed by atoms with E-state index in [2.05, 4.69) is 22.1 Å². The first-order chi connectivity index (χ1) is 13.6. The van der Waals surface area contributed by atoms with Crippen molar-refractivity contribution in [3.05, 3.63) is 47.4 Å². The van der Waals surface area contributed by atoms with Crippen LogP contribution in [-0.4, -0.2) is 47.9 Å². The molecule has 2 N–H and O–H groups in total. The Hall–Kier alpha value is -2.18. The average Bonchev–Trinajstić information content (AvgIpc) is 2.74. The molecule has 1 saturated heterocycles. The molecule has 0 saturated carbocycles. The van der Waals surface area contributed by atoms with Gasteiger partial charge in [0.05, 0.1) is 13.2 Å². The van der Waals surface area contributed by atoms with Gasteiger partial charge in [0, 0.05) is 37.4 Å². The maximum absolute atomic E-state index is 10.5. The number of anilines is 1. The van der Waals surface area contributed by atoms with Crippen LogP contribution >= 0.6 is 0 Å². The molecule has 3 rings (SSSR count). The SMILES string of the molecule is CCCc1cnc(C)nc1N1CCC(NCC(O)c2cccc(OC)c2)CC1. The third-order valence-corrected chi connectivity index (χ3v) is 5.35. The summed E-state index contributed by atoms with van der Waals surface area (Å²) in [5, 5.41) is 14.0. The van der Waals surface area contributed by atoms with Gasteiger partial charge in [-0.25, -0.2) is 9.97 Å². The van der Waals surface area contributed by atoms with E-state index >= 15 is 0 Å². The molecule has 1 unspecified atom stereocenters. The van der Waals surface area contributed by atoms with Crippen LogP contribution in [0.25, 0.3) is 0 Å². The number of benzene rings is 1. The summed E-state index contributed by atoms with van der Waals surface area (Å²) in [5.74, 6) is 2.70. The minimum Gasteiger partial charge on any atom is -0.497 e. The lowest BCUT2D eigenvalue weighted by molar-refractivity contribution is 0.167. The number of piperidine rings is 1. The Morgan fingerprint density at radius 2 is 2.11 bits per heavy atom. The van der Waals surface area contributed by atoms with Crippen molar-refractivity contribution in [1.82, 2.24) is 15.3 Å². The van der Waals surface area contributed by atoms with Crippen molar-refractivity contribution in [2.45, 2.75) is 51.7 Å². The molecule has 2 aromatic rings. The number of methoxy groups -OCH3 is 1. The first-order valence-electron chi connectivity index (χ1n) is 10.2. The summed E-state index contributed by atoms with van der Waals surface area (Å²) < 4.78 is 5.24. The van der Waals surface area contributed by atoms with Gasteiger partial charge in [0.2, 0.25) is 0 Å². The normalized spacial score (nSPS) is 16.2. The van der Waals surface area contributed by atoms with Gasteiger partial charge in [0.25, 0.3) is 0 Å². The maximum atomic E-state index is 10.5. The Balaban J connectivity index is 1.52. The van der Waals surface area contributed by atoms with Crippen molar-refractivity contribution >= 4 is 5.82 Å². The third kappa shape index (κ3) is 5.20. The second kappa shape index (κ2) is 9.85. The van der Waals surface area contributed by atoms with Crippen LogP contribution in [0.1, 0.15) is 49.2 Å². The number of aliphatic hydroxyl groups is 1. The van der Waals surface area contributed by atoms with Crippen LogP contribution in [0, 0.1) is 6.92 Å². The molecule has 1 aliphatic rings. The molecule has 0 radical (unpaired) electrons. The summed E-state index contributed by atoms with van der Waals surface area (Å²) in [4.78, 5) is 11.5. The molecule has 1 aromatic carbocycles. The third-order valence-electron chi connectivity index (χ3n) is 5.35. The number of hydrogen-bond donors (Lipinski definition) is 2. The van der Waals surface area contributed by atoms with E-state index < -0.39 is 6.10 Å². The fourth-order valence-electron chi connectivity index (χ4n) is 3.74. The molecule has 0 spiro atoms. The molecule has 152 valence electrons. The number of hydrogen-bond acceptors (Lipinski definition) is 6. The summed E-state index contributed by atoms with van der Waals surface area (Å²) >= 11 is 0. The number of ether oxygens (including phenoxy) is 1. The molecule has 6 heteroatoms. The molecule has 1 fully saturated rings. The van der Waals surface area contributed by atoms with Crippen molar-refractivity contribution in [2.24, 2.45) is 0 Å². The van der Waals surface area contributed by atoms with Crippen LogP contribution in [-0.2, 0) is 6.42 Å². The molecular weight excluding hydrogens is 352 g/mol. The van der Waals surface area contributed by atoms with Gasteiger partial charge in [0.1, 0.15) is 17.4 Å². The van der Waals surface area contributed by atoms with Crippen molar-refractivity contribution < 1.29 is 9.84 Å². The zero-order chi connectivity index (χ0) is 19.9. The van der Waals surface area contributed by atoms with Crippen molar-refractivity contribution in [1.29, 1.82) is 0 Å². The summed E-state index contributed by atoms with van der Waals surface area (Å²) in [6.07, 6.45) is 5.64. The highest BCUT2D eigenvalue weighted by Gasteiger charge is 2.22. The highest BCUT2D eigenvalue weighted by atomic mass is 16.5. The van der Waals surface area contributed by atoms with Crippen LogP contribution in [0.4, 0.5) is 5.82 Å². The van der Waals surface area contributed by atoms with E-state index in [9.17, 15) is 5.11 Å². The number of aromatic nitrogens is 2. The number of aryl methyl sites for hydroxylation is 2. The predicted molar refractivity (Wildman–Crippen MR) is 112 cm³/mol. The lowest BCUT2D eigenvalue weighted by atomic mass is 10.0. The monoisotopic (exact) mass is 384 g/mol. The molecule has 1 aromatic heterocycles. The average molecular weight is 385 g/mol. The van der Waals surface area contributed by atoms with Crippen LogP contribution in [0.2, 0.25) is 0 Å². The summed E-state index contributed by atoms with van der Waals surface area (Å²) in [7, 11) is 1.64. The van der Waals surface area contributed by atoms with E-state index in [0.29, 0.717) is 12.6 Å². The van der Waals surface area contributed by atoms with E-state index in [-0.39, 0.29) is 0 Å². The van der Waals surface area contributed by atoms with Crippen molar-refractivity contribution in [2.75, 3.05) is 31.6 Å². The minimum absolute atomic E-state index is 0.411. The molecule has 1 atom stereocenters. The van der Waals surface area contributed by atoms with Gasteiger partial charge < -0.3 is 20.1 Å². The number of nitrogens with zero attached hydrogens (tertiary/aromatic N) is 3. The number of rotatable bonds is 8. The van der Waals surface area contributed by atoms with Gasteiger partial charge in [-0.2, -0.15) is 0 Å². The Kier molecular flexibility index (Phi) is 7.23. The van der Waals surface area contributed by atoms with Gasteiger partial charge in [-0.1, -0.05) is 25.5 Å². The summed E-state index contributed by atoms with van der Waals surface area (Å²) in [5.41, 5.74) is 2.12. The van der Waals surface area contributed by atoms with Crippen molar-refractivity contribution in [3.63, 3.8) is 0 Å². The molecule has 0 amide bonds. The molecule has 0 aliphatic carbocycles. The van der Waals surface area contributed by atoms with Gasteiger partial charge in [-0.15, -0.1) is 0 Å². The summed E-state index contributed by atoms with van der Waals surface area (Å²) in [6.45, 7) is 6.63. The number of nitrogens with one attached hydrogen (secondary N) is 1. The largest absolute Gasteiger partial charge is 0.497 e. The Morgan fingerprint density at radius 3 is 2.82 bits per heavy atom. The van der Waals surface area contributed by atoms with Crippen molar-refractivity contribution in [3.8, 4) is 5.75 Å². The first kappa shape index (κ1) is 20.6. The molecule has 0 bridgehead atoms. The molecule has 6 nitrogen and oxygen atoms in total. The number of aliphatic hydroxyl groups excluding tert-OH is 1. The van der Waals surface area contributed by atoms with E-state index in [1.165, 1.54) is 5.56 Å². The maximum Gasteiger partial charge on any atom is 0.135 e. The van der Waals surface area contributed by atoms with Gasteiger partial charge in [-0.3, -0.25) is 0 Å². The standard InChI is InChI=1S/C22H32N4O2/c1-4-6-18-14-23-16(2)25-22(18)26-11-9-19(10-12-26)24-15-21(27)17-7-5-8-20(13-17)28-3/h5,7-8,13-14,19,21,24,27H,4,6,9-12,15H2,1-3H3. The minimum atomic E-state index is -0.534. The Labute approximate surface area is 168 Å². The fourth-order valence-corrected chi connectivity index (χ4v) is 3.74. The van der Waals surface area contributed by atoms with Crippen LogP contribution in [0.5, 0.6) is 5.75 Å². The zero-order valence-corrected chi connectivity index (χ0v) is 17.2. The van der Waals surface area contributed by atoms with Crippen LogP contribution < -0.4 is 15.0 Å². The lowest BCUT2D eigenvalue weighted by Gasteiger charge is -2.34. The predicted octanol–water partition coefficient (Wildman–Crippen LogP) is 3.04. The molecule has 28 heavy (non-hydrogen) atoms. The molecule has 1 aliphatic heterocycles. The highest BCUT2D eigenvalue weighted by Crippen LogP contribution is 2.24. The zero-order valence-electron chi connectivity index (χ0n) is 17.2. The van der Waals surface area contributed by atoms with E-state index in [4.69, 9.17) is 9.72 Å². The van der Waals surface area contributed by atoms with Crippen LogP contribution in [0.15, 0.2) is 30.5 Å². The molecular formula is C22H32N4O2. The second-order valence-electron chi connectivity index (χ2n) is 7.48. The van der Waals surface area contributed by atoms with E-state index in [1.807, 2.05) is 37.4 Å².